The third kappa shape index (κ3) is 2.92. The largest absolute Gasteiger partial charge is 0.481 e. The number of carbonyl (C=O) groups is 1. The number of methoxy groups -OCH3 is 1. The summed E-state index contributed by atoms with van der Waals surface area (Å²) < 4.78 is 12.1. The smallest absolute Gasteiger partial charge is 0.228 e. The second-order valence-electron chi connectivity index (χ2n) is 9.08. The highest BCUT2D eigenvalue weighted by molar-refractivity contribution is 5.82. The van der Waals surface area contributed by atoms with E-state index in [-0.39, 0.29) is 17.4 Å². The zero-order valence-electron chi connectivity index (χ0n) is 19.5. The molecule has 1 aromatic heterocycles. The number of carbonyl (C=O) groups excluding carboxylic acids is 1. The van der Waals surface area contributed by atoms with Crippen LogP contribution in [0.25, 0.3) is 0 Å². The predicted octanol–water partition coefficient (Wildman–Crippen LogP) is 2.30. The highest BCUT2D eigenvalue weighted by atomic mass is 16.5. The molecule has 2 aromatic carbocycles. The highest BCUT2D eigenvalue weighted by Crippen LogP contribution is 2.69. The van der Waals surface area contributed by atoms with E-state index in [1.54, 1.807) is 44.4 Å². The summed E-state index contributed by atoms with van der Waals surface area (Å²) in [6.07, 6.45) is -0.0569. The normalized spacial score (nSPS) is 28.4. The molecule has 0 unspecified atom stereocenters. The Bertz CT molecular complexity index is 1320. The second-order valence-corrected chi connectivity index (χ2v) is 9.08. The maximum Gasteiger partial charge on any atom is 0.228 e. The minimum absolute atomic E-state index is 0.101. The first-order valence-corrected chi connectivity index (χ1v) is 11.2. The Morgan fingerprint density at radius 3 is 2.43 bits per heavy atom. The first-order valence-electron chi connectivity index (χ1n) is 11.2. The monoisotopic (exact) mass is 471 g/mol. The fourth-order valence-electron chi connectivity index (χ4n) is 5.75. The highest BCUT2D eigenvalue weighted by Gasteiger charge is 2.78. The molecular weight excluding hydrogens is 446 g/mol. The number of pyridine rings is 1. The molecule has 8 heteroatoms. The Balaban J connectivity index is 1.88. The fourth-order valence-corrected chi connectivity index (χ4v) is 5.75. The van der Waals surface area contributed by atoms with Crippen molar-refractivity contribution in [1.82, 2.24) is 9.88 Å². The van der Waals surface area contributed by atoms with Crippen LogP contribution in [0.1, 0.15) is 28.2 Å². The van der Waals surface area contributed by atoms with Gasteiger partial charge < -0.3 is 24.6 Å². The Morgan fingerprint density at radius 1 is 1.14 bits per heavy atom. The van der Waals surface area contributed by atoms with Crippen LogP contribution in [-0.2, 0) is 16.0 Å². The molecule has 5 rings (SSSR count). The summed E-state index contributed by atoms with van der Waals surface area (Å²) in [6.45, 7) is 0. The maximum absolute atomic E-state index is 13.6. The van der Waals surface area contributed by atoms with Crippen LogP contribution in [0.2, 0.25) is 0 Å². The van der Waals surface area contributed by atoms with Crippen molar-refractivity contribution in [3.05, 3.63) is 89.1 Å². The summed E-state index contributed by atoms with van der Waals surface area (Å²) in [4.78, 5) is 19.2. The number of amides is 1. The summed E-state index contributed by atoms with van der Waals surface area (Å²) in [6, 6.07) is 19.6. The SMILES string of the molecule is COc1nccc2c1[C@]1(O)[C@H](O)[C@H](C(=O)N(C)C)[C@@H](c3ccccc3)[C@]1(c1ccc(C#N)cc1)O2. The zero-order valence-corrected chi connectivity index (χ0v) is 19.5. The summed E-state index contributed by atoms with van der Waals surface area (Å²) in [5.74, 6) is -1.78. The number of aliphatic hydroxyl groups is 2. The van der Waals surface area contributed by atoms with Gasteiger partial charge in [0.15, 0.2) is 11.2 Å². The van der Waals surface area contributed by atoms with Crippen LogP contribution in [0.5, 0.6) is 11.6 Å². The minimum Gasteiger partial charge on any atom is -0.481 e. The molecule has 1 aliphatic carbocycles. The molecule has 0 saturated heterocycles. The van der Waals surface area contributed by atoms with Crippen molar-refractivity contribution in [1.29, 1.82) is 5.26 Å². The van der Waals surface area contributed by atoms with E-state index >= 15 is 0 Å². The number of benzene rings is 2. The summed E-state index contributed by atoms with van der Waals surface area (Å²) in [7, 11) is 4.65. The van der Waals surface area contributed by atoms with E-state index in [0.717, 1.165) is 0 Å². The fraction of sp³-hybridized carbons (Fsp3) is 0.296. The van der Waals surface area contributed by atoms with Crippen LogP contribution < -0.4 is 9.47 Å². The predicted molar refractivity (Wildman–Crippen MR) is 126 cm³/mol. The molecule has 1 fully saturated rings. The van der Waals surface area contributed by atoms with Gasteiger partial charge in [0.25, 0.3) is 0 Å². The third-order valence-electron chi connectivity index (χ3n) is 7.18. The number of aromatic nitrogens is 1. The Labute approximate surface area is 203 Å². The number of aliphatic hydroxyl groups excluding tert-OH is 1. The van der Waals surface area contributed by atoms with E-state index in [1.165, 1.54) is 18.2 Å². The molecule has 0 bridgehead atoms. The van der Waals surface area contributed by atoms with E-state index in [9.17, 15) is 20.3 Å². The van der Waals surface area contributed by atoms with Crippen molar-refractivity contribution in [3.63, 3.8) is 0 Å². The van der Waals surface area contributed by atoms with Gasteiger partial charge >= 0.3 is 0 Å². The molecule has 0 radical (unpaired) electrons. The third-order valence-corrected chi connectivity index (χ3v) is 7.18. The van der Waals surface area contributed by atoms with Gasteiger partial charge in [0.1, 0.15) is 11.9 Å². The Hall–Kier alpha value is -3.93. The lowest BCUT2D eigenvalue weighted by atomic mass is 9.70. The number of rotatable bonds is 4. The van der Waals surface area contributed by atoms with Gasteiger partial charge in [0, 0.05) is 26.2 Å². The lowest BCUT2D eigenvalue weighted by Crippen LogP contribution is -2.52. The van der Waals surface area contributed by atoms with Gasteiger partial charge in [-0.1, -0.05) is 42.5 Å². The molecule has 0 spiro atoms. The lowest BCUT2D eigenvalue weighted by molar-refractivity contribution is -0.156. The topological polar surface area (TPSA) is 116 Å². The summed E-state index contributed by atoms with van der Waals surface area (Å²) in [5, 5.41) is 33.8. The molecule has 5 atom stereocenters. The molecular formula is C27H25N3O5. The van der Waals surface area contributed by atoms with E-state index in [4.69, 9.17) is 9.47 Å². The van der Waals surface area contributed by atoms with Gasteiger partial charge in [-0.05, 0) is 29.3 Å². The van der Waals surface area contributed by atoms with Crippen LogP contribution in [0, 0.1) is 17.2 Å². The number of nitriles is 1. The van der Waals surface area contributed by atoms with Crippen LogP contribution in [0.3, 0.4) is 0 Å². The van der Waals surface area contributed by atoms with Crippen LogP contribution in [-0.4, -0.2) is 53.3 Å². The van der Waals surface area contributed by atoms with Crippen molar-refractivity contribution < 1.29 is 24.5 Å². The van der Waals surface area contributed by atoms with Gasteiger partial charge in [0.2, 0.25) is 11.8 Å². The molecule has 2 N–H and O–H groups in total. The van der Waals surface area contributed by atoms with Crippen LogP contribution in [0.15, 0.2) is 66.9 Å². The molecule has 1 saturated carbocycles. The van der Waals surface area contributed by atoms with Gasteiger partial charge in [-0.25, -0.2) is 4.98 Å². The molecule has 8 nitrogen and oxygen atoms in total. The molecule has 35 heavy (non-hydrogen) atoms. The van der Waals surface area contributed by atoms with Crippen molar-refractivity contribution in [2.45, 2.75) is 23.2 Å². The number of hydrogen-bond donors (Lipinski definition) is 2. The zero-order chi connectivity index (χ0) is 25.0. The minimum atomic E-state index is -2.09. The summed E-state index contributed by atoms with van der Waals surface area (Å²) in [5.41, 5.74) is -1.86. The van der Waals surface area contributed by atoms with E-state index in [2.05, 4.69) is 11.1 Å². The van der Waals surface area contributed by atoms with Crippen molar-refractivity contribution in [3.8, 4) is 17.7 Å². The molecule has 1 amide bonds. The first kappa shape index (κ1) is 22.8. The Morgan fingerprint density at radius 2 is 1.83 bits per heavy atom. The number of hydrogen-bond acceptors (Lipinski definition) is 7. The van der Waals surface area contributed by atoms with Crippen molar-refractivity contribution >= 4 is 5.91 Å². The number of ether oxygens (including phenoxy) is 2. The molecule has 178 valence electrons. The Kier molecular flexibility index (Phi) is 5.28. The average molecular weight is 472 g/mol. The van der Waals surface area contributed by atoms with Gasteiger partial charge in [-0.15, -0.1) is 0 Å². The van der Waals surface area contributed by atoms with Gasteiger partial charge in [-0.3, -0.25) is 4.79 Å². The van der Waals surface area contributed by atoms with Crippen LogP contribution in [0.4, 0.5) is 0 Å². The molecule has 3 aromatic rings. The lowest BCUT2D eigenvalue weighted by Gasteiger charge is -2.40. The molecule has 2 heterocycles. The average Bonchev–Trinajstić information content (AvgIpc) is 3.27. The number of fused-ring (bicyclic) bond motifs is 3. The maximum atomic E-state index is 13.6. The van der Waals surface area contributed by atoms with Crippen molar-refractivity contribution in [2.75, 3.05) is 21.2 Å². The van der Waals surface area contributed by atoms with E-state index < -0.39 is 29.1 Å². The second kappa shape index (κ2) is 8.08. The molecule has 2 aliphatic rings. The first-order chi connectivity index (χ1) is 16.8. The van der Waals surface area contributed by atoms with E-state index in [0.29, 0.717) is 22.4 Å². The van der Waals surface area contributed by atoms with Crippen molar-refractivity contribution in [2.24, 2.45) is 5.92 Å². The standard InChI is InChI=1S/C27H25N3O5/c1-30(2)25(32)20-21(17-7-5-4-6-8-17)27(18-11-9-16(15-28)10-12-18)26(33,23(20)31)22-19(35-27)13-14-29-24(22)34-3/h4-14,20-21,23,31,33H,1-3H3/t20-,21-,23-,26+,27+/m1/s1. The number of nitrogens with zero attached hydrogens (tertiary/aromatic N) is 3. The van der Waals surface area contributed by atoms with Gasteiger partial charge in [0.05, 0.1) is 30.2 Å². The van der Waals surface area contributed by atoms with Gasteiger partial charge in [-0.2, -0.15) is 5.26 Å². The van der Waals surface area contributed by atoms with E-state index in [1.807, 2.05) is 30.3 Å². The quantitative estimate of drug-likeness (QED) is 0.600. The molecule has 1 aliphatic heterocycles. The van der Waals surface area contributed by atoms with Crippen LogP contribution >= 0.6 is 0 Å². The summed E-state index contributed by atoms with van der Waals surface area (Å²) >= 11 is 0.